The lowest BCUT2D eigenvalue weighted by Gasteiger charge is -2.16. The molecule has 1 aromatic rings. The summed E-state index contributed by atoms with van der Waals surface area (Å²) in [5, 5.41) is 13.9. The standard InChI is InChI=1S/C17H22N2O4S/c1-4-5-6-15(17(22)23)19-16(21)11(2)24-14-9-7-13(8-10-14)18-12(3)20/h4-5,7-11,15H,6H2,1-3H3,(H,18,20)(H,19,21)(H,22,23)/b5-4+. The van der Waals surface area contributed by atoms with Crippen molar-refractivity contribution in [2.75, 3.05) is 5.32 Å². The van der Waals surface area contributed by atoms with Crippen molar-refractivity contribution >= 4 is 35.2 Å². The minimum Gasteiger partial charge on any atom is -0.480 e. The molecule has 0 aliphatic heterocycles. The summed E-state index contributed by atoms with van der Waals surface area (Å²) >= 11 is 1.32. The van der Waals surface area contributed by atoms with E-state index in [9.17, 15) is 14.4 Å². The van der Waals surface area contributed by atoms with Gasteiger partial charge in [-0.15, -0.1) is 11.8 Å². The fourth-order valence-electron chi connectivity index (χ4n) is 1.86. The Morgan fingerprint density at radius 1 is 1.25 bits per heavy atom. The number of carboxylic acid groups (broad SMARTS) is 1. The lowest BCUT2D eigenvalue weighted by Crippen LogP contribution is -2.43. The third-order valence-electron chi connectivity index (χ3n) is 3.08. The van der Waals surface area contributed by atoms with Crippen LogP contribution in [0.5, 0.6) is 0 Å². The Hall–Kier alpha value is -2.28. The van der Waals surface area contributed by atoms with Gasteiger partial charge in [0, 0.05) is 17.5 Å². The minimum atomic E-state index is -1.06. The molecule has 0 saturated heterocycles. The highest BCUT2D eigenvalue weighted by atomic mass is 32.2. The number of hydrogen-bond acceptors (Lipinski definition) is 4. The molecule has 0 fully saturated rings. The molecule has 2 atom stereocenters. The summed E-state index contributed by atoms with van der Waals surface area (Å²) in [6.07, 6.45) is 3.70. The first kappa shape index (κ1) is 19.8. The van der Waals surface area contributed by atoms with Gasteiger partial charge in [-0.3, -0.25) is 9.59 Å². The van der Waals surface area contributed by atoms with Crippen LogP contribution in [0, 0.1) is 0 Å². The highest BCUT2D eigenvalue weighted by Gasteiger charge is 2.22. The van der Waals surface area contributed by atoms with Crippen LogP contribution in [-0.4, -0.2) is 34.2 Å². The second kappa shape index (κ2) is 9.77. The Balaban J connectivity index is 2.62. The van der Waals surface area contributed by atoms with Crippen molar-refractivity contribution in [3.05, 3.63) is 36.4 Å². The number of rotatable bonds is 8. The molecule has 24 heavy (non-hydrogen) atoms. The molecular formula is C17H22N2O4S. The van der Waals surface area contributed by atoms with E-state index in [-0.39, 0.29) is 18.2 Å². The molecule has 0 heterocycles. The third kappa shape index (κ3) is 6.87. The van der Waals surface area contributed by atoms with Gasteiger partial charge in [0.2, 0.25) is 11.8 Å². The quantitative estimate of drug-likeness (QED) is 0.495. The van der Waals surface area contributed by atoms with Crippen LogP contribution >= 0.6 is 11.8 Å². The zero-order chi connectivity index (χ0) is 18.1. The van der Waals surface area contributed by atoms with Gasteiger partial charge in [0.1, 0.15) is 6.04 Å². The van der Waals surface area contributed by atoms with Crippen LogP contribution in [0.3, 0.4) is 0 Å². The van der Waals surface area contributed by atoms with Gasteiger partial charge >= 0.3 is 5.97 Å². The van der Waals surface area contributed by atoms with Gasteiger partial charge in [0.05, 0.1) is 5.25 Å². The number of allylic oxidation sites excluding steroid dienone is 1. The van der Waals surface area contributed by atoms with Crippen LogP contribution in [-0.2, 0) is 14.4 Å². The van der Waals surface area contributed by atoms with E-state index >= 15 is 0 Å². The van der Waals surface area contributed by atoms with Gasteiger partial charge in [-0.2, -0.15) is 0 Å². The third-order valence-corrected chi connectivity index (χ3v) is 4.19. The summed E-state index contributed by atoms with van der Waals surface area (Å²) in [5.41, 5.74) is 0.682. The van der Waals surface area contributed by atoms with Crippen LogP contribution in [0.25, 0.3) is 0 Å². The monoisotopic (exact) mass is 350 g/mol. The average Bonchev–Trinajstić information content (AvgIpc) is 2.52. The van der Waals surface area contributed by atoms with Crippen LogP contribution in [0.15, 0.2) is 41.3 Å². The summed E-state index contributed by atoms with van der Waals surface area (Å²) in [6, 6.07) is 6.17. The topological polar surface area (TPSA) is 95.5 Å². The molecule has 0 saturated carbocycles. The Morgan fingerprint density at radius 3 is 2.38 bits per heavy atom. The van der Waals surface area contributed by atoms with Crippen molar-refractivity contribution in [1.82, 2.24) is 5.32 Å². The number of benzene rings is 1. The van der Waals surface area contributed by atoms with E-state index in [1.165, 1.54) is 18.7 Å². The minimum absolute atomic E-state index is 0.149. The van der Waals surface area contributed by atoms with E-state index < -0.39 is 17.3 Å². The van der Waals surface area contributed by atoms with E-state index in [1.54, 1.807) is 50.3 Å². The van der Waals surface area contributed by atoms with Gasteiger partial charge in [0.25, 0.3) is 0 Å². The second-order valence-electron chi connectivity index (χ2n) is 5.17. The predicted molar refractivity (Wildman–Crippen MR) is 95.1 cm³/mol. The summed E-state index contributed by atoms with van der Waals surface area (Å²) < 4.78 is 0. The maximum atomic E-state index is 12.2. The molecule has 6 nitrogen and oxygen atoms in total. The lowest BCUT2D eigenvalue weighted by molar-refractivity contribution is -0.141. The maximum Gasteiger partial charge on any atom is 0.326 e. The maximum absolute atomic E-state index is 12.2. The number of carboxylic acids is 1. The first-order valence-electron chi connectivity index (χ1n) is 7.52. The van der Waals surface area contributed by atoms with E-state index in [2.05, 4.69) is 10.6 Å². The van der Waals surface area contributed by atoms with Gasteiger partial charge < -0.3 is 15.7 Å². The van der Waals surface area contributed by atoms with Crippen molar-refractivity contribution in [2.45, 2.75) is 43.4 Å². The number of hydrogen-bond donors (Lipinski definition) is 3. The predicted octanol–water partition coefficient (Wildman–Crippen LogP) is 2.66. The van der Waals surface area contributed by atoms with Crippen molar-refractivity contribution in [3.63, 3.8) is 0 Å². The van der Waals surface area contributed by atoms with E-state index in [0.717, 1.165) is 4.90 Å². The zero-order valence-corrected chi connectivity index (χ0v) is 14.7. The molecule has 0 bridgehead atoms. The molecule has 0 radical (unpaired) electrons. The Morgan fingerprint density at radius 2 is 1.88 bits per heavy atom. The van der Waals surface area contributed by atoms with Gasteiger partial charge in [0.15, 0.2) is 0 Å². The van der Waals surface area contributed by atoms with Crippen LogP contribution in [0.1, 0.15) is 27.2 Å². The molecule has 0 aliphatic carbocycles. The zero-order valence-electron chi connectivity index (χ0n) is 13.9. The number of thioether (sulfide) groups is 1. The van der Waals surface area contributed by atoms with E-state index in [1.807, 2.05) is 0 Å². The smallest absolute Gasteiger partial charge is 0.326 e. The second-order valence-corrected chi connectivity index (χ2v) is 6.58. The number of nitrogens with one attached hydrogen (secondary N) is 2. The van der Waals surface area contributed by atoms with Gasteiger partial charge in [-0.25, -0.2) is 4.79 Å². The molecule has 0 spiro atoms. The molecule has 2 unspecified atom stereocenters. The molecular weight excluding hydrogens is 328 g/mol. The Bertz CT molecular complexity index is 614. The first-order valence-corrected chi connectivity index (χ1v) is 8.40. The Labute approximate surface area is 145 Å². The molecule has 1 rings (SSSR count). The number of anilines is 1. The van der Waals surface area contributed by atoms with Crippen molar-refractivity contribution < 1.29 is 19.5 Å². The molecule has 130 valence electrons. The highest BCUT2D eigenvalue weighted by Crippen LogP contribution is 2.25. The van der Waals surface area contributed by atoms with Crippen LogP contribution in [0.2, 0.25) is 0 Å². The fraction of sp³-hybridized carbons (Fsp3) is 0.353. The summed E-state index contributed by atoms with van der Waals surface area (Å²) in [6.45, 7) is 4.95. The first-order chi connectivity index (χ1) is 11.3. The van der Waals surface area contributed by atoms with Gasteiger partial charge in [-0.05, 0) is 44.5 Å². The van der Waals surface area contributed by atoms with Crippen LogP contribution < -0.4 is 10.6 Å². The summed E-state index contributed by atoms with van der Waals surface area (Å²) in [7, 11) is 0. The molecule has 7 heteroatoms. The fourth-order valence-corrected chi connectivity index (χ4v) is 2.74. The average molecular weight is 350 g/mol. The Kier molecular flexibility index (Phi) is 8.05. The number of aliphatic carboxylic acids is 1. The number of carbonyl (C=O) groups excluding carboxylic acids is 2. The number of amides is 2. The van der Waals surface area contributed by atoms with E-state index in [4.69, 9.17) is 5.11 Å². The van der Waals surface area contributed by atoms with Crippen LogP contribution in [0.4, 0.5) is 5.69 Å². The number of carbonyl (C=O) groups is 3. The van der Waals surface area contributed by atoms with Gasteiger partial charge in [-0.1, -0.05) is 12.2 Å². The highest BCUT2D eigenvalue weighted by molar-refractivity contribution is 8.00. The van der Waals surface area contributed by atoms with Crippen molar-refractivity contribution in [2.24, 2.45) is 0 Å². The summed E-state index contributed by atoms with van der Waals surface area (Å²) in [5.74, 6) is -1.54. The van der Waals surface area contributed by atoms with Crippen molar-refractivity contribution in [3.8, 4) is 0 Å². The summed E-state index contributed by atoms with van der Waals surface area (Å²) in [4.78, 5) is 35.1. The van der Waals surface area contributed by atoms with Crippen molar-refractivity contribution in [1.29, 1.82) is 0 Å². The molecule has 1 aromatic carbocycles. The lowest BCUT2D eigenvalue weighted by atomic mass is 10.2. The van der Waals surface area contributed by atoms with E-state index in [0.29, 0.717) is 5.69 Å². The normalized spacial score (nSPS) is 13.3. The molecule has 0 aliphatic rings. The SMILES string of the molecule is C/C=C/CC(NC(=O)C(C)Sc1ccc(NC(C)=O)cc1)C(=O)O. The molecule has 3 N–H and O–H groups in total. The molecule has 0 aromatic heterocycles. The largest absolute Gasteiger partial charge is 0.480 e. The molecule has 2 amide bonds.